The van der Waals surface area contributed by atoms with Crippen LogP contribution in [0.3, 0.4) is 0 Å². The second-order valence-corrected chi connectivity index (χ2v) is 7.78. The van der Waals surface area contributed by atoms with E-state index in [0.29, 0.717) is 23.4 Å². The van der Waals surface area contributed by atoms with Crippen molar-refractivity contribution in [3.8, 4) is 11.6 Å². The van der Waals surface area contributed by atoms with Crippen LogP contribution in [0, 0.1) is 18.7 Å². The average Bonchev–Trinajstić information content (AvgIpc) is 2.87. The Bertz CT molecular complexity index is 940. The Labute approximate surface area is 148 Å². The largest absolute Gasteiger partial charge is 0.438 e. The summed E-state index contributed by atoms with van der Waals surface area (Å²) in [6.07, 6.45) is 3.26. The van der Waals surface area contributed by atoms with E-state index in [1.54, 1.807) is 17.4 Å². The van der Waals surface area contributed by atoms with Crippen LogP contribution in [-0.4, -0.2) is 9.97 Å². The zero-order chi connectivity index (χ0) is 16.8. The van der Waals surface area contributed by atoms with Gasteiger partial charge in [-0.3, -0.25) is 0 Å². The molecule has 0 spiro atoms. The fourth-order valence-electron chi connectivity index (χ4n) is 3.14. The lowest BCUT2D eigenvalue weighted by Crippen LogP contribution is -2.08. The minimum atomic E-state index is -0.463. The van der Waals surface area contributed by atoms with Crippen molar-refractivity contribution in [2.45, 2.75) is 33.1 Å². The van der Waals surface area contributed by atoms with Crippen LogP contribution in [0.4, 0.5) is 4.39 Å². The summed E-state index contributed by atoms with van der Waals surface area (Å²) < 4.78 is 19.3. The van der Waals surface area contributed by atoms with Crippen molar-refractivity contribution >= 4 is 33.2 Å². The maximum Gasteiger partial charge on any atom is 0.231 e. The minimum Gasteiger partial charge on any atom is -0.438 e. The summed E-state index contributed by atoms with van der Waals surface area (Å²) in [4.78, 5) is 11.4. The van der Waals surface area contributed by atoms with Crippen LogP contribution < -0.4 is 4.74 Å². The molecule has 0 aliphatic heterocycles. The molecule has 2 aromatic heterocycles. The molecule has 0 bridgehead atoms. The molecule has 1 aliphatic carbocycles. The Hall–Kier alpha value is -1.72. The maximum atomic E-state index is 13.4. The fourth-order valence-corrected chi connectivity index (χ4v) is 4.73. The van der Waals surface area contributed by atoms with E-state index in [0.717, 1.165) is 29.5 Å². The Morgan fingerprint density at radius 2 is 2.17 bits per heavy atom. The molecule has 124 valence electrons. The molecule has 0 N–H and O–H groups in total. The molecule has 0 unspecified atom stereocenters. The zero-order valence-corrected chi connectivity index (χ0v) is 15.0. The number of aryl methyl sites for hydroxylation is 2. The molecule has 3 aromatic rings. The minimum absolute atomic E-state index is 0.0377. The van der Waals surface area contributed by atoms with E-state index in [1.165, 1.54) is 22.6 Å². The van der Waals surface area contributed by atoms with Gasteiger partial charge in [0.25, 0.3) is 0 Å². The lowest BCUT2D eigenvalue weighted by atomic mass is 9.89. The van der Waals surface area contributed by atoms with Crippen LogP contribution in [0.25, 0.3) is 10.2 Å². The van der Waals surface area contributed by atoms with E-state index < -0.39 is 5.82 Å². The molecular weight excluding hydrogens is 347 g/mol. The van der Waals surface area contributed by atoms with E-state index >= 15 is 0 Å². The zero-order valence-electron chi connectivity index (χ0n) is 13.4. The van der Waals surface area contributed by atoms with Gasteiger partial charge in [0.2, 0.25) is 5.88 Å². The van der Waals surface area contributed by atoms with E-state index in [2.05, 4.69) is 16.9 Å². The summed E-state index contributed by atoms with van der Waals surface area (Å²) in [7, 11) is 0. The number of aromatic nitrogens is 2. The van der Waals surface area contributed by atoms with Crippen molar-refractivity contribution in [2.75, 3.05) is 0 Å². The molecule has 4 rings (SSSR count). The highest BCUT2D eigenvalue weighted by molar-refractivity contribution is 7.18. The molecule has 2 heterocycles. The number of hydrogen-bond donors (Lipinski definition) is 0. The lowest BCUT2D eigenvalue weighted by molar-refractivity contribution is 0.463. The van der Waals surface area contributed by atoms with Gasteiger partial charge in [-0.25, -0.2) is 9.37 Å². The van der Waals surface area contributed by atoms with Crippen molar-refractivity contribution in [3.63, 3.8) is 0 Å². The number of benzene rings is 1. The smallest absolute Gasteiger partial charge is 0.231 e. The first-order chi connectivity index (χ1) is 11.5. The summed E-state index contributed by atoms with van der Waals surface area (Å²) in [5.74, 6) is 1.91. The van der Waals surface area contributed by atoms with Gasteiger partial charge in [-0.15, -0.1) is 11.3 Å². The highest BCUT2D eigenvalue weighted by Crippen LogP contribution is 2.42. The molecule has 1 atom stereocenters. The number of thiophene rings is 1. The predicted molar refractivity (Wildman–Crippen MR) is 94.8 cm³/mol. The Morgan fingerprint density at radius 1 is 1.33 bits per heavy atom. The summed E-state index contributed by atoms with van der Waals surface area (Å²) in [5, 5.41) is 1.03. The molecule has 0 amide bonds. The third kappa shape index (κ3) is 2.76. The monoisotopic (exact) mass is 362 g/mol. The number of fused-ring (bicyclic) bond motifs is 3. The van der Waals surface area contributed by atoms with Crippen LogP contribution in [0.15, 0.2) is 18.2 Å². The first-order valence-electron chi connectivity index (χ1n) is 7.93. The Kier molecular flexibility index (Phi) is 3.93. The molecule has 0 radical (unpaired) electrons. The lowest BCUT2D eigenvalue weighted by Gasteiger charge is -2.18. The SMILES string of the molecule is Cc1nc(Oc2ccc(F)c(Cl)c2)c2c3c(sc2n1)C[C@H](C)CC3. The highest BCUT2D eigenvalue weighted by Gasteiger charge is 2.24. The highest BCUT2D eigenvalue weighted by atomic mass is 35.5. The van der Waals surface area contributed by atoms with Crippen molar-refractivity contribution in [2.24, 2.45) is 5.92 Å². The third-order valence-corrected chi connectivity index (χ3v) is 5.78. The third-order valence-electron chi connectivity index (χ3n) is 4.34. The summed E-state index contributed by atoms with van der Waals surface area (Å²) in [6, 6.07) is 4.33. The Balaban J connectivity index is 1.83. The molecule has 3 nitrogen and oxygen atoms in total. The van der Waals surface area contributed by atoms with Crippen molar-refractivity contribution in [1.29, 1.82) is 0 Å². The summed E-state index contributed by atoms with van der Waals surface area (Å²) in [5.41, 5.74) is 1.30. The second kappa shape index (κ2) is 5.97. The summed E-state index contributed by atoms with van der Waals surface area (Å²) >= 11 is 7.58. The van der Waals surface area contributed by atoms with E-state index in [-0.39, 0.29) is 5.02 Å². The van der Waals surface area contributed by atoms with Gasteiger partial charge in [0, 0.05) is 10.9 Å². The van der Waals surface area contributed by atoms with E-state index in [9.17, 15) is 4.39 Å². The molecule has 0 saturated heterocycles. The van der Waals surface area contributed by atoms with Gasteiger partial charge < -0.3 is 4.74 Å². The standard InChI is InChI=1S/C18H16ClFN2OS/c1-9-3-5-12-15(7-9)24-18-16(12)17(21-10(2)22-18)23-11-4-6-14(20)13(19)8-11/h4,6,8-9H,3,5,7H2,1-2H3/t9-/m1/s1. The van der Waals surface area contributed by atoms with E-state index in [1.807, 2.05) is 6.92 Å². The normalized spacial score (nSPS) is 17.1. The molecule has 1 aromatic carbocycles. The number of hydrogen-bond acceptors (Lipinski definition) is 4. The quantitative estimate of drug-likeness (QED) is 0.585. The first-order valence-corrected chi connectivity index (χ1v) is 9.12. The van der Waals surface area contributed by atoms with Gasteiger partial charge in [-0.05, 0) is 49.8 Å². The number of halogens is 2. The van der Waals surface area contributed by atoms with Gasteiger partial charge in [0.1, 0.15) is 22.2 Å². The van der Waals surface area contributed by atoms with Crippen molar-refractivity contribution in [1.82, 2.24) is 9.97 Å². The van der Waals surface area contributed by atoms with Crippen LogP contribution >= 0.6 is 22.9 Å². The fraction of sp³-hybridized carbons (Fsp3) is 0.333. The topological polar surface area (TPSA) is 35.0 Å². The maximum absolute atomic E-state index is 13.4. The van der Waals surface area contributed by atoms with Gasteiger partial charge >= 0.3 is 0 Å². The Morgan fingerprint density at radius 3 is 2.96 bits per heavy atom. The number of ether oxygens (including phenoxy) is 1. The van der Waals surface area contributed by atoms with Gasteiger partial charge in [-0.2, -0.15) is 4.98 Å². The van der Waals surface area contributed by atoms with Crippen LogP contribution in [-0.2, 0) is 12.8 Å². The molecule has 6 heteroatoms. The molecular formula is C18H16ClFN2OS. The molecule has 0 saturated carbocycles. The predicted octanol–water partition coefficient (Wildman–Crippen LogP) is 5.71. The average molecular weight is 363 g/mol. The molecule has 1 aliphatic rings. The van der Waals surface area contributed by atoms with Crippen molar-refractivity contribution in [3.05, 3.63) is 45.3 Å². The van der Waals surface area contributed by atoms with Gasteiger partial charge in [-0.1, -0.05) is 18.5 Å². The van der Waals surface area contributed by atoms with Crippen LogP contribution in [0.2, 0.25) is 5.02 Å². The molecule has 0 fully saturated rings. The molecule has 24 heavy (non-hydrogen) atoms. The number of nitrogens with zero attached hydrogens (tertiary/aromatic N) is 2. The van der Waals surface area contributed by atoms with Crippen molar-refractivity contribution < 1.29 is 9.13 Å². The second-order valence-electron chi connectivity index (χ2n) is 6.29. The van der Waals surface area contributed by atoms with Gasteiger partial charge in [0.05, 0.1) is 10.4 Å². The number of rotatable bonds is 2. The van der Waals surface area contributed by atoms with Crippen LogP contribution in [0.1, 0.15) is 29.6 Å². The van der Waals surface area contributed by atoms with Crippen LogP contribution in [0.5, 0.6) is 11.6 Å². The van der Waals surface area contributed by atoms with Gasteiger partial charge in [0.15, 0.2) is 0 Å². The first kappa shape index (κ1) is 15.8. The van der Waals surface area contributed by atoms with E-state index in [4.69, 9.17) is 16.3 Å². The summed E-state index contributed by atoms with van der Waals surface area (Å²) in [6.45, 7) is 4.13.